The highest BCUT2D eigenvalue weighted by molar-refractivity contribution is 7.93. The van der Waals surface area contributed by atoms with Gasteiger partial charge in [-0.2, -0.15) is 0 Å². The number of esters is 1. The smallest absolute Gasteiger partial charge is 0.311 e. The van der Waals surface area contributed by atoms with Crippen LogP contribution < -0.4 is 14.8 Å². The molecule has 3 rings (SSSR count). The molecule has 1 atom stereocenters. The number of nitrogens with one attached hydrogen (secondary N) is 2. The highest BCUT2D eigenvalue weighted by Crippen LogP contribution is 2.33. The molecule has 2 heterocycles. The summed E-state index contributed by atoms with van der Waals surface area (Å²) in [6.07, 6.45) is -0.646. The first-order valence-corrected chi connectivity index (χ1v) is 15.6. The number of anilines is 2. The predicted octanol–water partition coefficient (Wildman–Crippen LogP) is 4.85. The second-order valence-electron chi connectivity index (χ2n) is 9.30. The van der Waals surface area contributed by atoms with Crippen LogP contribution in [0.25, 0.3) is 0 Å². The summed E-state index contributed by atoms with van der Waals surface area (Å²) < 4.78 is 36.4. The largest absolute Gasteiger partial charge is 0.426 e. The third kappa shape index (κ3) is 10.9. The molecule has 0 radical (unpaired) electrons. The molecule has 1 amide bonds. The van der Waals surface area contributed by atoms with E-state index in [1.807, 2.05) is 0 Å². The van der Waals surface area contributed by atoms with Gasteiger partial charge in [-0.15, -0.1) is 31.6 Å². The number of benzene rings is 1. The predicted molar refractivity (Wildman–Crippen MR) is 161 cm³/mol. The van der Waals surface area contributed by atoms with Gasteiger partial charge in [0.1, 0.15) is 34.1 Å². The molecule has 3 aromatic rings. The summed E-state index contributed by atoms with van der Waals surface area (Å²) >= 11 is 7.19. The number of amides is 1. The maximum atomic E-state index is 12.1. The molecular weight excluding hydrogens is 662 g/mol. The molecule has 20 heteroatoms. The Hall–Kier alpha value is -4.49. The number of ether oxygens (including phenoxy) is 1. The molecule has 2 aromatic heterocycles. The van der Waals surface area contributed by atoms with Crippen molar-refractivity contribution in [1.82, 2.24) is 5.16 Å². The minimum absolute atomic E-state index is 0.0201. The summed E-state index contributed by atoms with van der Waals surface area (Å²) in [6, 6.07) is 3.29. The number of sulfonamides is 1. The second-order valence-corrected chi connectivity index (χ2v) is 12.4. The number of rotatable bonds is 15. The van der Waals surface area contributed by atoms with E-state index in [0.717, 1.165) is 5.56 Å². The van der Waals surface area contributed by atoms with Gasteiger partial charge in [-0.1, -0.05) is 22.8 Å². The van der Waals surface area contributed by atoms with E-state index in [9.17, 15) is 38.2 Å². The van der Waals surface area contributed by atoms with E-state index < -0.39 is 38.9 Å². The van der Waals surface area contributed by atoms with E-state index in [1.54, 1.807) is 46.1 Å². The number of halogens is 1. The van der Waals surface area contributed by atoms with E-state index in [4.69, 9.17) is 20.9 Å². The van der Waals surface area contributed by atoms with Crippen molar-refractivity contribution in [2.45, 2.75) is 64.9 Å². The zero-order valence-electron chi connectivity index (χ0n) is 24.7. The Kier molecular flexibility index (Phi) is 13.5. The van der Waals surface area contributed by atoms with Crippen LogP contribution in [-0.4, -0.2) is 48.8 Å². The third-order valence-electron chi connectivity index (χ3n) is 5.95. The summed E-state index contributed by atoms with van der Waals surface area (Å²) in [4.78, 5) is 52.8. The average molecular weight is 692 g/mol. The number of thiophene rings is 1. The molecule has 0 spiro atoms. The minimum Gasteiger partial charge on any atom is -0.426 e. The van der Waals surface area contributed by atoms with Crippen LogP contribution >= 0.6 is 22.9 Å². The number of hydrogen-bond donors (Lipinski definition) is 2. The Balaban J connectivity index is 0.000000351. The normalized spacial score (nSPS) is 11.4. The zero-order valence-corrected chi connectivity index (χ0v) is 27.0. The molecule has 0 bridgehead atoms. The highest BCUT2D eigenvalue weighted by atomic mass is 35.5. The topological polar surface area (TPSA) is 232 Å². The number of aromatic nitrogens is 1. The van der Waals surface area contributed by atoms with Gasteiger partial charge >= 0.3 is 5.97 Å². The lowest BCUT2D eigenvalue weighted by atomic mass is 10.0. The van der Waals surface area contributed by atoms with Crippen molar-refractivity contribution in [2.75, 3.05) is 16.6 Å². The molecule has 1 unspecified atom stereocenters. The van der Waals surface area contributed by atoms with E-state index in [-0.39, 0.29) is 35.1 Å². The number of nitrogens with zero attached hydrogens (tertiary/aromatic N) is 3. The van der Waals surface area contributed by atoms with Crippen LogP contribution in [0.3, 0.4) is 0 Å². The van der Waals surface area contributed by atoms with E-state index in [2.05, 4.69) is 24.9 Å². The first-order valence-electron chi connectivity index (χ1n) is 12.9. The van der Waals surface area contributed by atoms with Gasteiger partial charge in [0.05, 0.1) is 5.69 Å². The lowest BCUT2D eigenvalue weighted by Gasteiger charge is -2.16. The van der Waals surface area contributed by atoms with Gasteiger partial charge in [-0.3, -0.25) is 9.59 Å². The van der Waals surface area contributed by atoms with Crippen molar-refractivity contribution < 1.29 is 47.1 Å². The van der Waals surface area contributed by atoms with E-state index in [0.29, 0.717) is 39.5 Å². The Morgan fingerprint density at radius 1 is 1.18 bits per heavy atom. The quantitative estimate of drug-likeness (QED) is 0.0714. The van der Waals surface area contributed by atoms with Crippen molar-refractivity contribution in [3.05, 3.63) is 70.0 Å². The maximum absolute atomic E-state index is 12.1. The number of carbonyl (C=O) groups is 2. The number of hydrogen-bond acceptors (Lipinski definition) is 14. The molecule has 246 valence electrons. The standard InChI is InChI=1S/C16H21N3O9.C9H9ClN2O3S2/c1-10-7-11(2)16(12(3)15(10)17-9-20)27-14(21)6-4-5-13(28-19(24)25)8-26-18(22)23;1-5-8(10)9(15-11-5)12-17(13,14)7-3-4-16-6(7)2/h7,9,13H,4-6,8H2,1-3H3,(H,17,20);3-4,12H,1-2H3. The van der Waals surface area contributed by atoms with Crippen LogP contribution in [0.4, 0.5) is 11.6 Å². The fourth-order valence-corrected chi connectivity index (χ4v) is 6.37. The second kappa shape index (κ2) is 16.5. The molecule has 0 saturated heterocycles. The molecule has 0 aliphatic rings. The van der Waals surface area contributed by atoms with Gasteiger partial charge in [0.15, 0.2) is 0 Å². The maximum Gasteiger partial charge on any atom is 0.311 e. The summed E-state index contributed by atoms with van der Waals surface area (Å²) in [5, 5.41) is 26.5. The fraction of sp³-hybridized carbons (Fsp3) is 0.400. The van der Waals surface area contributed by atoms with Crippen molar-refractivity contribution >= 4 is 56.9 Å². The number of carbonyl (C=O) groups excluding carboxylic acids is 2. The number of aryl methyl sites for hydroxylation is 4. The van der Waals surface area contributed by atoms with Gasteiger partial charge in [-0.25, -0.2) is 13.1 Å². The zero-order chi connectivity index (χ0) is 33.9. The molecule has 0 aliphatic carbocycles. The van der Waals surface area contributed by atoms with Gasteiger partial charge < -0.3 is 24.3 Å². The van der Waals surface area contributed by atoms with Crippen molar-refractivity contribution in [3.63, 3.8) is 0 Å². The lowest BCUT2D eigenvalue weighted by molar-refractivity contribution is -0.790. The van der Waals surface area contributed by atoms with Crippen LogP contribution in [0.1, 0.15) is 46.5 Å². The van der Waals surface area contributed by atoms with Crippen molar-refractivity contribution in [2.24, 2.45) is 0 Å². The summed E-state index contributed by atoms with van der Waals surface area (Å²) in [6.45, 7) is 7.99. The first kappa shape index (κ1) is 36.7. The molecule has 0 aliphatic heterocycles. The van der Waals surface area contributed by atoms with E-state index in [1.165, 1.54) is 17.4 Å². The Morgan fingerprint density at radius 3 is 2.40 bits per heavy atom. The van der Waals surface area contributed by atoms with Gasteiger partial charge in [0, 0.05) is 16.9 Å². The van der Waals surface area contributed by atoms with Crippen LogP contribution in [0, 0.1) is 54.8 Å². The molecular formula is C25H30ClN5O12S2. The summed E-state index contributed by atoms with van der Waals surface area (Å²) in [5.74, 6) is -0.341. The van der Waals surface area contributed by atoms with Gasteiger partial charge in [0.25, 0.3) is 26.1 Å². The third-order valence-corrected chi connectivity index (χ3v) is 8.84. The first-order chi connectivity index (χ1) is 21.1. The van der Waals surface area contributed by atoms with E-state index >= 15 is 0 Å². The average Bonchev–Trinajstić information content (AvgIpc) is 3.52. The molecule has 0 saturated carbocycles. The fourth-order valence-electron chi connectivity index (χ4n) is 3.93. The van der Waals surface area contributed by atoms with Crippen LogP contribution in [0.2, 0.25) is 5.02 Å². The van der Waals surface area contributed by atoms with Crippen LogP contribution in [0.15, 0.2) is 26.9 Å². The van der Waals surface area contributed by atoms with Crippen molar-refractivity contribution in [1.29, 1.82) is 0 Å². The van der Waals surface area contributed by atoms with Gasteiger partial charge in [0.2, 0.25) is 6.41 Å². The minimum atomic E-state index is -3.67. The molecule has 45 heavy (non-hydrogen) atoms. The van der Waals surface area contributed by atoms with Crippen LogP contribution in [0.5, 0.6) is 5.75 Å². The van der Waals surface area contributed by atoms with Crippen molar-refractivity contribution in [3.8, 4) is 5.75 Å². The Bertz CT molecular complexity index is 1640. The van der Waals surface area contributed by atoms with Gasteiger partial charge in [-0.05, 0) is 70.0 Å². The molecule has 1 aromatic carbocycles. The Morgan fingerprint density at radius 2 is 1.87 bits per heavy atom. The summed E-state index contributed by atoms with van der Waals surface area (Å²) in [5.41, 5.74) is 3.08. The molecule has 0 fully saturated rings. The monoisotopic (exact) mass is 691 g/mol. The molecule has 17 nitrogen and oxygen atoms in total. The Labute approximate surface area is 266 Å². The highest BCUT2D eigenvalue weighted by Gasteiger charge is 2.22. The SMILES string of the molecule is Cc1cc(C)c(OC(=O)CCCC(CO[N+](=O)[O-])O[N+](=O)[O-])c(C)c1NC=O.Cc1noc(NS(=O)(=O)c2ccsc2C)c1Cl. The van der Waals surface area contributed by atoms with Crippen LogP contribution in [-0.2, 0) is 29.3 Å². The molecule has 2 N–H and O–H groups in total. The summed E-state index contributed by atoms with van der Waals surface area (Å²) in [7, 11) is -3.67. The lowest BCUT2D eigenvalue weighted by Crippen LogP contribution is -2.25.